The van der Waals surface area contributed by atoms with E-state index in [1.54, 1.807) is 0 Å². The number of benzene rings is 1. The van der Waals surface area contributed by atoms with E-state index < -0.39 is 24.4 Å². The van der Waals surface area contributed by atoms with Crippen LogP contribution < -0.4 is 9.47 Å². The predicted octanol–water partition coefficient (Wildman–Crippen LogP) is 1.61. The summed E-state index contributed by atoms with van der Waals surface area (Å²) < 4.78 is 34.9. The van der Waals surface area contributed by atoms with Crippen LogP contribution in [-0.4, -0.2) is 30.2 Å². The molecule has 0 saturated carbocycles. The van der Waals surface area contributed by atoms with E-state index in [2.05, 4.69) is 0 Å². The highest BCUT2D eigenvalue weighted by Gasteiger charge is 2.46. The van der Waals surface area contributed by atoms with Crippen LogP contribution in [0.15, 0.2) is 18.2 Å². The first-order valence-corrected chi connectivity index (χ1v) is 4.87. The summed E-state index contributed by atoms with van der Waals surface area (Å²) in [7, 11) is 1.39. The normalized spacial score (nSPS) is 23.2. The molecule has 17 heavy (non-hydrogen) atoms. The predicted molar refractivity (Wildman–Crippen MR) is 53.5 cm³/mol. The summed E-state index contributed by atoms with van der Waals surface area (Å²) in [5, 5.41) is 9.50. The summed E-state index contributed by atoms with van der Waals surface area (Å²) in [6.07, 6.45) is -3.92. The molecule has 0 unspecified atom stereocenters. The van der Waals surface area contributed by atoms with Gasteiger partial charge in [0.15, 0.2) is 5.78 Å². The summed E-state index contributed by atoms with van der Waals surface area (Å²) >= 11 is 0. The lowest BCUT2D eigenvalue weighted by Crippen LogP contribution is -2.48. The Morgan fingerprint density at radius 2 is 2.24 bits per heavy atom. The van der Waals surface area contributed by atoms with E-state index in [0.717, 1.165) is 0 Å². The molecule has 1 aromatic rings. The van der Waals surface area contributed by atoms with Gasteiger partial charge in [0, 0.05) is 6.07 Å². The first-order chi connectivity index (χ1) is 7.96. The summed E-state index contributed by atoms with van der Waals surface area (Å²) in [6, 6.07) is 4.23. The van der Waals surface area contributed by atoms with E-state index in [9.17, 15) is 18.7 Å². The number of rotatable bonds is 2. The average Bonchev–Trinajstić information content (AvgIpc) is 2.27. The molecule has 4 nitrogen and oxygen atoms in total. The van der Waals surface area contributed by atoms with Gasteiger partial charge in [-0.2, -0.15) is 0 Å². The zero-order valence-corrected chi connectivity index (χ0v) is 8.94. The molecule has 0 saturated heterocycles. The highest BCUT2D eigenvalue weighted by Crippen LogP contribution is 2.37. The van der Waals surface area contributed by atoms with Gasteiger partial charge in [0.25, 0.3) is 5.79 Å². The Balaban J connectivity index is 2.44. The number of ether oxygens (including phenoxy) is 2. The molecule has 1 aromatic carbocycles. The van der Waals surface area contributed by atoms with E-state index in [1.165, 1.54) is 25.3 Å². The Morgan fingerprint density at radius 1 is 1.53 bits per heavy atom. The fourth-order valence-electron chi connectivity index (χ4n) is 1.62. The summed E-state index contributed by atoms with van der Waals surface area (Å²) in [4.78, 5) is 11.6. The van der Waals surface area contributed by atoms with E-state index >= 15 is 0 Å². The number of carbonyl (C=O) groups is 1. The van der Waals surface area contributed by atoms with Gasteiger partial charge >= 0.3 is 6.43 Å². The van der Waals surface area contributed by atoms with Crippen molar-refractivity contribution in [3.8, 4) is 11.5 Å². The minimum atomic E-state index is -3.16. The maximum Gasteiger partial charge on any atom is 0.302 e. The van der Waals surface area contributed by atoms with Gasteiger partial charge in [0.2, 0.25) is 0 Å². The number of Topliss-reactive ketones (excluding diaryl/α,β-unsaturated/α-hetero) is 1. The zero-order valence-electron chi connectivity index (χ0n) is 8.94. The number of methoxy groups -OCH3 is 1. The van der Waals surface area contributed by atoms with Crippen LogP contribution in [0, 0.1) is 0 Å². The van der Waals surface area contributed by atoms with Gasteiger partial charge in [-0.1, -0.05) is 0 Å². The third-order valence-electron chi connectivity index (χ3n) is 2.53. The molecule has 0 bridgehead atoms. The first kappa shape index (κ1) is 11.8. The molecule has 0 aliphatic carbocycles. The van der Waals surface area contributed by atoms with Crippen molar-refractivity contribution >= 4 is 5.78 Å². The maximum absolute atomic E-state index is 12.6. The largest absolute Gasteiger partial charge is 0.497 e. The summed E-state index contributed by atoms with van der Waals surface area (Å²) in [6.45, 7) is 0. The Labute approximate surface area is 95.8 Å². The highest BCUT2D eigenvalue weighted by molar-refractivity contribution is 6.00. The minimum absolute atomic E-state index is 0.0941. The standard InChI is InChI=1S/C11H10F2O4/c1-16-6-2-3-7-8(14)5-11(15,10(12)13)17-9(7)4-6/h2-4,10,15H,5H2,1H3/t11-/m0/s1. The second-order valence-electron chi connectivity index (χ2n) is 3.71. The topological polar surface area (TPSA) is 55.8 Å². The molecule has 92 valence electrons. The summed E-state index contributed by atoms with van der Waals surface area (Å²) in [5.41, 5.74) is 0.163. The van der Waals surface area contributed by atoms with Crippen molar-refractivity contribution < 1.29 is 28.2 Å². The van der Waals surface area contributed by atoms with Crippen LogP contribution in [-0.2, 0) is 0 Å². The molecule has 1 N–H and O–H groups in total. The van der Waals surface area contributed by atoms with Crippen LogP contribution in [0.3, 0.4) is 0 Å². The van der Waals surface area contributed by atoms with Gasteiger partial charge in [-0.15, -0.1) is 0 Å². The Bertz CT molecular complexity index is 461. The van der Waals surface area contributed by atoms with Crippen LogP contribution in [0.25, 0.3) is 0 Å². The molecular formula is C11H10F2O4. The fourth-order valence-corrected chi connectivity index (χ4v) is 1.62. The lowest BCUT2D eigenvalue weighted by Gasteiger charge is -2.32. The number of aliphatic hydroxyl groups is 1. The zero-order chi connectivity index (χ0) is 12.6. The van der Waals surface area contributed by atoms with Gasteiger partial charge < -0.3 is 14.6 Å². The number of ketones is 1. The molecule has 1 heterocycles. The van der Waals surface area contributed by atoms with Gasteiger partial charge in [0.1, 0.15) is 11.5 Å². The van der Waals surface area contributed by atoms with Crippen molar-refractivity contribution in [3.63, 3.8) is 0 Å². The van der Waals surface area contributed by atoms with Crippen LogP contribution in [0.5, 0.6) is 11.5 Å². The van der Waals surface area contributed by atoms with Gasteiger partial charge in [-0.05, 0) is 12.1 Å². The van der Waals surface area contributed by atoms with Crippen molar-refractivity contribution in [1.29, 1.82) is 0 Å². The molecule has 1 aliphatic heterocycles. The molecule has 0 fully saturated rings. The van der Waals surface area contributed by atoms with Crippen molar-refractivity contribution in [3.05, 3.63) is 23.8 Å². The van der Waals surface area contributed by atoms with Gasteiger partial charge in [-0.25, -0.2) is 8.78 Å². The number of halogens is 2. The lowest BCUT2D eigenvalue weighted by atomic mass is 9.98. The highest BCUT2D eigenvalue weighted by atomic mass is 19.3. The van der Waals surface area contributed by atoms with Crippen molar-refractivity contribution in [2.75, 3.05) is 7.11 Å². The first-order valence-electron chi connectivity index (χ1n) is 4.87. The Kier molecular flexibility index (Phi) is 2.74. The quantitative estimate of drug-likeness (QED) is 0.858. The fraction of sp³-hybridized carbons (Fsp3) is 0.364. The second kappa shape index (κ2) is 3.96. The third kappa shape index (κ3) is 1.95. The van der Waals surface area contributed by atoms with E-state index in [4.69, 9.17) is 9.47 Å². The Morgan fingerprint density at radius 3 is 2.82 bits per heavy atom. The number of hydrogen-bond acceptors (Lipinski definition) is 4. The molecule has 2 rings (SSSR count). The van der Waals surface area contributed by atoms with Gasteiger partial charge in [-0.3, -0.25) is 4.79 Å². The van der Waals surface area contributed by atoms with Gasteiger partial charge in [0.05, 0.1) is 19.1 Å². The van der Waals surface area contributed by atoms with E-state index in [-0.39, 0.29) is 11.3 Å². The molecule has 6 heteroatoms. The molecule has 0 amide bonds. The monoisotopic (exact) mass is 244 g/mol. The average molecular weight is 244 g/mol. The second-order valence-corrected chi connectivity index (χ2v) is 3.71. The van der Waals surface area contributed by atoms with Crippen LogP contribution >= 0.6 is 0 Å². The molecule has 0 spiro atoms. The maximum atomic E-state index is 12.6. The molecule has 1 aliphatic rings. The number of alkyl halides is 2. The van der Waals surface area contributed by atoms with Crippen molar-refractivity contribution in [1.82, 2.24) is 0 Å². The molecule has 1 atom stereocenters. The number of hydrogen-bond donors (Lipinski definition) is 1. The Hall–Kier alpha value is -1.69. The van der Waals surface area contributed by atoms with E-state index in [1.807, 2.05) is 0 Å². The van der Waals surface area contributed by atoms with Crippen molar-refractivity contribution in [2.24, 2.45) is 0 Å². The van der Waals surface area contributed by atoms with E-state index in [0.29, 0.717) is 5.75 Å². The third-order valence-corrected chi connectivity index (χ3v) is 2.53. The molecule has 0 aromatic heterocycles. The van der Waals surface area contributed by atoms with Crippen LogP contribution in [0.2, 0.25) is 0 Å². The van der Waals surface area contributed by atoms with Crippen LogP contribution in [0.1, 0.15) is 16.8 Å². The lowest BCUT2D eigenvalue weighted by molar-refractivity contribution is -0.220. The number of carbonyl (C=O) groups excluding carboxylic acids is 1. The van der Waals surface area contributed by atoms with Crippen LogP contribution in [0.4, 0.5) is 8.78 Å². The SMILES string of the molecule is COc1ccc2c(c1)O[C@](O)(C(F)F)CC2=O. The molecule has 0 radical (unpaired) electrons. The number of fused-ring (bicyclic) bond motifs is 1. The summed E-state index contributed by atoms with van der Waals surface area (Å²) in [5.74, 6) is -3.08. The molecular weight excluding hydrogens is 234 g/mol. The minimum Gasteiger partial charge on any atom is -0.497 e. The smallest absolute Gasteiger partial charge is 0.302 e. The van der Waals surface area contributed by atoms with Crippen molar-refractivity contribution in [2.45, 2.75) is 18.6 Å².